The molecule has 1 aliphatic rings. The lowest BCUT2D eigenvalue weighted by molar-refractivity contribution is -0.131. The Morgan fingerprint density at radius 2 is 2.15 bits per heavy atom. The van der Waals surface area contributed by atoms with Gasteiger partial charge in [-0.25, -0.2) is 23.0 Å². The van der Waals surface area contributed by atoms with Gasteiger partial charge in [0.05, 0.1) is 23.5 Å². The van der Waals surface area contributed by atoms with E-state index in [1.807, 2.05) is 0 Å². The van der Waals surface area contributed by atoms with Crippen molar-refractivity contribution in [1.82, 2.24) is 18.9 Å². The second-order valence-corrected chi connectivity index (χ2v) is 6.83. The Labute approximate surface area is 157 Å². The highest BCUT2D eigenvalue weighted by Crippen LogP contribution is 2.24. The molecule has 4 rings (SSSR count). The quantitative estimate of drug-likeness (QED) is 0.688. The molecule has 1 unspecified atom stereocenters. The molecular formula is C18H15ClF2N4O2. The number of benzene rings is 1. The van der Waals surface area contributed by atoms with E-state index in [-0.39, 0.29) is 24.0 Å². The summed E-state index contributed by atoms with van der Waals surface area (Å²) in [6.07, 6.45) is 2.27. The number of imidazole rings is 1. The second-order valence-electron chi connectivity index (χ2n) is 6.42. The Morgan fingerprint density at radius 1 is 1.33 bits per heavy atom. The highest BCUT2D eigenvalue weighted by Gasteiger charge is 2.26. The van der Waals surface area contributed by atoms with Crippen molar-refractivity contribution in [2.45, 2.75) is 19.1 Å². The van der Waals surface area contributed by atoms with Crippen LogP contribution in [-0.2, 0) is 11.3 Å². The Kier molecular flexibility index (Phi) is 4.43. The normalized spacial score (nSPS) is 17.0. The molecule has 0 bridgehead atoms. The number of halogens is 3. The standard InChI is InChI=1S/C18H15ClF2N4O2/c19-13-7-11(1-2-14(13)21)15-8-22-16-4-6-24(18(27)25(15)16)10-17(26)23-5-3-12(20)9-23/h1-2,4,6-8,12H,3,5,9-10H2. The Balaban J connectivity index is 1.72. The minimum atomic E-state index is -1.02. The molecule has 27 heavy (non-hydrogen) atoms. The maximum absolute atomic E-state index is 13.4. The predicted octanol–water partition coefficient (Wildman–Crippen LogP) is 2.53. The monoisotopic (exact) mass is 392 g/mol. The van der Waals surface area contributed by atoms with Gasteiger partial charge in [0.2, 0.25) is 5.91 Å². The molecule has 1 amide bonds. The number of hydrogen-bond donors (Lipinski definition) is 0. The zero-order valence-electron chi connectivity index (χ0n) is 14.1. The van der Waals surface area contributed by atoms with E-state index >= 15 is 0 Å². The molecule has 1 aliphatic heterocycles. The molecule has 1 saturated heterocycles. The molecular weight excluding hydrogens is 378 g/mol. The van der Waals surface area contributed by atoms with Crippen LogP contribution in [0.2, 0.25) is 5.02 Å². The van der Waals surface area contributed by atoms with Crippen LogP contribution in [0.15, 0.2) is 41.5 Å². The lowest BCUT2D eigenvalue weighted by Gasteiger charge is -2.16. The van der Waals surface area contributed by atoms with Gasteiger partial charge in [-0.1, -0.05) is 11.6 Å². The van der Waals surface area contributed by atoms with Gasteiger partial charge in [0.1, 0.15) is 24.2 Å². The van der Waals surface area contributed by atoms with Gasteiger partial charge in [0.25, 0.3) is 0 Å². The molecule has 6 nitrogen and oxygen atoms in total. The summed E-state index contributed by atoms with van der Waals surface area (Å²) in [5, 5.41) is -0.0660. The van der Waals surface area contributed by atoms with Crippen LogP contribution >= 0.6 is 11.6 Å². The molecule has 2 aromatic heterocycles. The van der Waals surface area contributed by atoms with Gasteiger partial charge in [-0.15, -0.1) is 0 Å². The summed E-state index contributed by atoms with van der Waals surface area (Å²) in [6, 6.07) is 5.72. The second kappa shape index (κ2) is 6.77. The van der Waals surface area contributed by atoms with Crippen LogP contribution in [0.25, 0.3) is 16.9 Å². The topological polar surface area (TPSA) is 59.6 Å². The van der Waals surface area contributed by atoms with Crippen LogP contribution in [0.5, 0.6) is 0 Å². The highest BCUT2D eigenvalue weighted by molar-refractivity contribution is 6.31. The number of alkyl halides is 1. The number of likely N-dealkylation sites (tertiary alicyclic amines) is 1. The largest absolute Gasteiger partial charge is 0.338 e. The number of nitrogens with zero attached hydrogens (tertiary/aromatic N) is 4. The van der Waals surface area contributed by atoms with Crippen LogP contribution in [0.1, 0.15) is 6.42 Å². The van der Waals surface area contributed by atoms with Crippen LogP contribution in [0.4, 0.5) is 8.78 Å². The van der Waals surface area contributed by atoms with E-state index in [4.69, 9.17) is 11.6 Å². The number of hydrogen-bond acceptors (Lipinski definition) is 3. The maximum atomic E-state index is 13.4. The number of carbonyl (C=O) groups excluding carboxylic acids is 1. The number of amides is 1. The van der Waals surface area contributed by atoms with E-state index in [0.717, 1.165) is 0 Å². The van der Waals surface area contributed by atoms with Crippen molar-refractivity contribution in [3.05, 3.63) is 58.0 Å². The first-order valence-electron chi connectivity index (χ1n) is 8.38. The average Bonchev–Trinajstić information content (AvgIpc) is 3.26. The Morgan fingerprint density at radius 3 is 2.85 bits per heavy atom. The lowest BCUT2D eigenvalue weighted by atomic mass is 10.1. The molecule has 0 spiro atoms. The molecule has 0 saturated carbocycles. The third-order valence-corrected chi connectivity index (χ3v) is 4.92. The summed E-state index contributed by atoms with van der Waals surface area (Å²) in [5.41, 5.74) is 0.882. The van der Waals surface area contributed by atoms with Crippen molar-refractivity contribution >= 4 is 23.2 Å². The molecule has 140 valence electrons. The maximum Gasteiger partial charge on any atom is 0.334 e. The SMILES string of the molecule is O=C(Cn1ccc2ncc(-c3ccc(F)c(Cl)c3)n2c1=O)N1CCC(F)C1. The molecule has 3 aromatic rings. The van der Waals surface area contributed by atoms with Crippen molar-refractivity contribution in [2.24, 2.45) is 0 Å². The van der Waals surface area contributed by atoms with Crippen molar-refractivity contribution in [1.29, 1.82) is 0 Å². The zero-order chi connectivity index (χ0) is 19.1. The highest BCUT2D eigenvalue weighted by atomic mass is 35.5. The van der Waals surface area contributed by atoms with E-state index in [9.17, 15) is 18.4 Å². The number of carbonyl (C=O) groups is 1. The molecule has 1 aromatic carbocycles. The molecule has 0 radical (unpaired) electrons. The number of aromatic nitrogens is 3. The van der Waals surface area contributed by atoms with Crippen LogP contribution in [0, 0.1) is 5.82 Å². The zero-order valence-corrected chi connectivity index (χ0v) is 14.9. The first-order chi connectivity index (χ1) is 12.9. The average molecular weight is 393 g/mol. The van der Waals surface area contributed by atoms with E-state index in [1.165, 1.54) is 44.5 Å². The lowest BCUT2D eigenvalue weighted by Crippen LogP contribution is -2.36. The molecule has 0 aliphatic carbocycles. The van der Waals surface area contributed by atoms with Gasteiger partial charge < -0.3 is 4.90 Å². The Bertz CT molecular complexity index is 1090. The third kappa shape index (κ3) is 3.21. The predicted molar refractivity (Wildman–Crippen MR) is 95.9 cm³/mol. The molecule has 3 heterocycles. The summed E-state index contributed by atoms with van der Waals surface area (Å²) in [5.74, 6) is -0.878. The fourth-order valence-electron chi connectivity index (χ4n) is 3.20. The van der Waals surface area contributed by atoms with Gasteiger partial charge in [0.15, 0.2) is 0 Å². The minimum Gasteiger partial charge on any atom is -0.338 e. The van der Waals surface area contributed by atoms with E-state index in [2.05, 4.69) is 4.98 Å². The number of rotatable bonds is 3. The van der Waals surface area contributed by atoms with Crippen molar-refractivity contribution in [2.75, 3.05) is 13.1 Å². The van der Waals surface area contributed by atoms with Gasteiger partial charge in [0, 0.05) is 18.3 Å². The molecule has 1 fully saturated rings. The first kappa shape index (κ1) is 17.7. The van der Waals surface area contributed by atoms with Crippen molar-refractivity contribution < 1.29 is 13.6 Å². The van der Waals surface area contributed by atoms with Gasteiger partial charge in [-0.05, 0) is 30.7 Å². The fourth-order valence-corrected chi connectivity index (χ4v) is 3.38. The molecule has 1 atom stereocenters. The van der Waals surface area contributed by atoms with Crippen LogP contribution < -0.4 is 5.69 Å². The summed E-state index contributed by atoms with van der Waals surface area (Å²) in [6.45, 7) is 0.213. The fraction of sp³-hybridized carbons (Fsp3) is 0.278. The minimum absolute atomic E-state index is 0.0558. The van der Waals surface area contributed by atoms with Crippen LogP contribution in [0.3, 0.4) is 0 Å². The van der Waals surface area contributed by atoms with Gasteiger partial charge in [-0.2, -0.15) is 0 Å². The number of fused-ring (bicyclic) bond motifs is 1. The Hall–Kier alpha value is -2.74. The first-order valence-corrected chi connectivity index (χ1v) is 8.76. The van der Waals surface area contributed by atoms with Crippen LogP contribution in [-0.4, -0.2) is 44.0 Å². The van der Waals surface area contributed by atoms with E-state index in [0.29, 0.717) is 29.9 Å². The van der Waals surface area contributed by atoms with E-state index in [1.54, 1.807) is 6.07 Å². The molecule has 0 N–H and O–H groups in total. The van der Waals surface area contributed by atoms with Crippen molar-refractivity contribution in [3.63, 3.8) is 0 Å². The summed E-state index contributed by atoms with van der Waals surface area (Å²) in [4.78, 5) is 30.8. The van der Waals surface area contributed by atoms with Gasteiger partial charge >= 0.3 is 5.69 Å². The summed E-state index contributed by atoms with van der Waals surface area (Å²) < 4.78 is 29.3. The van der Waals surface area contributed by atoms with E-state index < -0.39 is 17.7 Å². The van der Waals surface area contributed by atoms with Crippen molar-refractivity contribution in [3.8, 4) is 11.3 Å². The summed E-state index contributed by atoms with van der Waals surface area (Å²) >= 11 is 5.84. The van der Waals surface area contributed by atoms with Gasteiger partial charge in [-0.3, -0.25) is 9.36 Å². The molecule has 9 heteroatoms. The third-order valence-electron chi connectivity index (χ3n) is 4.63. The summed E-state index contributed by atoms with van der Waals surface area (Å²) in [7, 11) is 0. The smallest absolute Gasteiger partial charge is 0.334 e.